The average molecular weight is 572 g/mol. The highest BCUT2D eigenvalue weighted by molar-refractivity contribution is 5.95. The minimum Gasteiger partial charge on any atom is -0.486 e. The van der Waals surface area contributed by atoms with E-state index in [2.05, 4.69) is 21.3 Å². The molecule has 41 heavy (non-hydrogen) atoms. The van der Waals surface area contributed by atoms with Crippen molar-refractivity contribution in [2.75, 3.05) is 11.4 Å². The third-order valence-corrected chi connectivity index (χ3v) is 7.27. The number of hydrogen-bond acceptors (Lipinski definition) is 7. The number of fused-ring (bicyclic) bond motifs is 1. The van der Waals surface area contributed by atoms with Gasteiger partial charge >= 0.3 is 12.3 Å². The second-order valence-corrected chi connectivity index (χ2v) is 10.4. The van der Waals surface area contributed by atoms with Gasteiger partial charge in [-0.1, -0.05) is 0 Å². The quantitative estimate of drug-likeness (QED) is 0.301. The SMILES string of the molecule is CCN(C(=O)O)c1cc2c(cn1)c(-c1cnn(C(C)(C)C#N)c1)nn2C1CCC(Oc2cn[nH]c2C(F)(F)F)CC1. The fourth-order valence-corrected chi connectivity index (χ4v) is 5.01. The van der Waals surface area contributed by atoms with Gasteiger partial charge in [-0.25, -0.2) is 9.78 Å². The molecule has 4 aromatic heterocycles. The Morgan fingerprint density at radius 1 is 1.24 bits per heavy atom. The Kier molecular flexibility index (Phi) is 7.10. The van der Waals surface area contributed by atoms with E-state index in [1.54, 1.807) is 50.1 Å². The van der Waals surface area contributed by atoms with Gasteiger partial charge < -0.3 is 9.84 Å². The molecular weight excluding hydrogens is 543 g/mol. The van der Waals surface area contributed by atoms with Gasteiger partial charge in [0.2, 0.25) is 0 Å². The molecule has 0 aromatic carbocycles. The standard InChI is InChI=1S/C26H28F3N9O3/c1-4-36(24(39)40)21-9-19-18(11-31-21)22(15-10-33-37(13-15)25(2,3)14-30)35-38(19)16-5-7-17(8-6-16)41-20-12-32-34-23(20)26(27,28)29/h9-13,16-17H,4-8H2,1-3H3,(H,32,34)(H,39,40). The van der Waals surface area contributed by atoms with E-state index in [-0.39, 0.29) is 24.2 Å². The summed E-state index contributed by atoms with van der Waals surface area (Å²) < 4.78 is 48.7. The zero-order chi connectivity index (χ0) is 29.5. The van der Waals surface area contributed by atoms with Gasteiger partial charge in [0.05, 0.1) is 36.1 Å². The van der Waals surface area contributed by atoms with Crippen LogP contribution in [0.5, 0.6) is 5.75 Å². The predicted molar refractivity (Wildman–Crippen MR) is 140 cm³/mol. The summed E-state index contributed by atoms with van der Waals surface area (Å²) in [6.07, 6.45) is 1.87. The predicted octanol–water partition coefficient (Wildman–Crippen LogP) is 5.36. The van der Waals surface area contributed by atoms with E-state index in [0.717, 1.165) is 11.1 Å². The van der Waals surface area contributed by atoms with Crippen molar-refractivity contribution in [3.63, 3.8) is 0 Å². The van der Waals surface area contributed by atoms with E-state index < -0.39 is 29.6 Å². The molecule has 15 heteroatoms. The molecule has 4 heterocycles. The number of nitrogens with zero attached hydrogens (tertiary/aromatic N) is 8. The summed E-state index contributed by atoms with van der Waals surface area (Å²) >= 11 is 0. The number of halogens is 3. The highest BCUT2D eigenvalue weighted by Crippen LogP contribution is 2.39. The highest BCUT2D eigenvalue weighted by Gasteiger charge is 2.38. The first kappa shape index (κ1) is 27.9. The average Bonchev–Trinajstić information content (AvgIpc) is 3.68. The maximum atomic E-state index is 13.2. The van der Waals surface area contributed by atoms with Crippen molar-refractivity contribution in [2.24, 2.45) is 0 Å². The van der Waals surface area contributed by atoms with Gasteiger partial charge in [0, 0.05) is 36.0 Å². The van der Waals surface area contributed by atoms with E-state index in [4.69, 9.17) is 9.84 Å². The van der Waals surface area contributed by atoms with Crippen LogP contribution in [-0.4, -0.2) is 58.6 Å². The monoisotopic (exact) mass is 571 g/mol. The molecule has 0 saturated heterocycles. The van der Waals surface area contributed by atoms with Crippen LogP contribution in [0.1, 0.15) is 58.2 Å². The van der Waals surface area contributed by atoms with Gasteiger partial charge in [-0.05, 0) is 46.5 Å². The lowest BCUT2D eigenvalue weighted by molar-refractivity contribution is -0.143. The lowest BCUT2D eigenvalue weighted by atomic mass is 9.93. The van der Waals surface area contributed by atoms with Gasteiger partial charge in [-0.2, -0.15) is 33.7 Å². The molecule has 1 aliphatic rings. The summed E-state index contributed by atoms with van der Waals surface area (Å²) in [5, 5.41) is 34.5. The fourth-order valence-electron chi connectivity index (χ4n) is 5.01. The molecule has 216 valence electrons. The third-order valence-electron chi connectivity index (χ3n) is 7.27. The second-order valence-electron chi connectivity index (χ2n) is 10.4. The molecule has 1 saturated carbocycles. The first-order valence-corrected chi connectivity index (χ1v) is 13.1. The van der Waals surface area contributed by atoms with Crippen LogP contribution < -0.4 is 9.64 Å². The van der Waals surface area contributed by atoms with Crippen molar-refractivity contribution in [1.29, 1.82) is 5.26 Å². The second kappa shape index (κ2) is 10.4. The Hall–Kier alpha value is -4.61. The molecular formula is C26H28F3N9O3. The van der Waals surface area contributed by atoms with Gasteiger partial charge in [-0.15, -0.1) is 0 Å². The van der Waals surface area contributed by atoms with Crippen LogP contribution in [0, 0.1) is 11.3 Å². The molecule has 1 fully saturated rings. The molecule has 2 N–H and O–H groups in total. The van der Waals surface area contributed by atoms with E-state index in [0.29, 0.717) is 47.8 Å². The minimum atomic E-state index is -4.60. The number of nitriles is 1. The molecule has 0 unspecified atom stereocenters. The van der Waals surface area contributed by atoms with Crippen molar-refractivity contribution in [3.05, 3.63) is 36.5 Å². The number of carbonyl (C=O) groups is 1. The molecule has 1 aliphatic carbocycles. The first-order chi connectivity index (χ1) is 19.4. The van der Waals surface area contributed by atoms with Crippen molar-refractivity contribution in [2.45, 2.75) is 70.3 Å². The number of pyridine rings is 1. The summed E-state index contributed by atoms with van der Waals surface area (Å²) in [6.45, 7) is 5.38. The van der Waals surface area contributed by atoms with Crippen molar-refractivity contribution in [3.8, 4) is 23.1 Å². The Balaban J connectivity index is 1.47. The van der Waals surface area contributed by atoms with Crippen molar-refractivity contribution >= 4 is 22.8 Å². The lowest BCUT2D eigenvalue weighted by Crippen LogP contribution is -2.29. The van der Waals surface area contributed by atoms with Crippen LogP contribution in [0.2, 0.25) is 0 Å². The number of aromatic amines is 1. The molecule has 0 spiro atoms. The van der Waals surface area contributed by atoms with Crippen LogP contribution in [-0.2, 0) is 11.7 Å². The number of aromatic nitrogens is 7. The number of anilines is 1. The number of ether oxygens (including phenoxy) is 1. The van der Waals surface area contributed by atoms with Crippen LogP contribution in [0.3, 0.4) is 0 Å². The topological polar surface area (TPSA) is 151 Å². The van der Waals surface area contributed by atoms with Crippen LogP contribution >= 0.6 is 0 Å². The smallest absolute Gasteiger partial charge is 0.436 e. The molecule has 1 amide bonds. The number of nitrogens with one attached hydrogen (secondary N) is 1. The normalized spacial score (nSPS) is 17.9. The van der Waals surface area contributed by atoms with E-state index in [1.165, 1.54) is 0 Å². The van der Waals surface area contributed by atoms with E-state index >= 15 is 0 Å². The van der Waals surface area contributed by atoms with Crippen LogP contribution in [0.15, 0.2) is 30.9 Å². The largest absolute Gasteiger partial charge is 0.486 e. The maximum absolute atomic E-state index is 13.2. The molecule has 4 aromatic rings. The Morgan fingerprint density at radius 3 is 2.61 bits per heavy atom. The minimum absolute atomic E-state index is 0.127. The lowest BCUT2D eigenvalue weighted by Gasteiger charge is -2.29. The molecule has 5 rings (SSSR count). The summed E-state index contributed by atoms with van der Waals surface area (Å²) in [6, 6.07) is 3.76. The molecule has 0 bridgehead atoms. The van der Waals surface area contributed by atoms with Gasteiger partial charge in [0.1, 0.15) is 17.1 Å². The first-order valence-electron chi connectivity index (χ1n) is 13.1. The zero-order valence-electron chi connectivity index (χ0n) is 22.6. The van der Waals surface area contributed by atoms with Crippen molar-refractivity contribution in [1.82, 2.24) is 34.7 Å². The number of carboxylic acid groups (broad SMARTS) is 1. The Morgan fingerprint density at radius 2 is 1.98 bits per heavy atom. The van der Waals surface area contributed by atoms with Gasteiger partial charge in [0.15, 0.2) is 11.4 Å². The van der Waals surface area contributed by atoms with E-state index in [1.807, 2.05) is 9.78 Å². The molecule has 12 nitrogen and oxygen atoms in total. The Bertz CT molecular complexity index is 1610. The summed E-state index contributed by atoms with van der Waals surface area (Å²) in [5.74, 6) is -0.0766. The van der Waals surface area contributed by atoms with Crippen LogP contribution in [0.4, 0.5) is 23.8 Å². The molecule has 0 aliphatic heterocycles. The maximum Gasteiger partial charge on any atom is 0.436 e. The zero-order valence-corrected chi connectivity index (χ0v) is 22.6. The number of H-pyrrole nitrogens is 1. The van der Waals surface area contributed by atoms with Crippen molar-refractivity contribution < 1.29 is 27.8 Å². The number of alkyl halides is 3. The number of amides is 1. The van der Waals surface area contributed by atoms with Crippen LogP contribution in [0.25, 0.3) is 22.2 Å². The fraction of sp³-hybridized carbons (Fsp3) is 0.462. The molecule has 0 atom stereocenters. The van der Waals surface area contributed by atoms with Gasteiger partial charge in [0.25, 0.3) is 0 Å². The number of hydrogen-bond donors (Lipinski definition) is 2. The van der Waals surface area contributed by atoms with E-state index in [9.17, 15) is 28.3 Å². The molecule has 0 radical (unpaired) electrons. The summed E-state index contributed by atoms with van der Waals surface area (Å²) in [7, 11) is 0. The summed E-state index contributed by atoms with van der Waals surface area (Å²) in [4.78, 5) is 17.3. The highest BCUT2D eigenvalue weighted by atomic mass is 19.4. The Labute approximate surface area is 232 Å². The number of rotatable bonds is 7. The van der Waals surface area contributed by atoms with Gasteiger partial charge in [-0.3, -0.25) is 19.4 Å². The third kappa shape index (κ3) is 5.29. The summed E-state index contributed by atoms with van der Waals surface area (Å²) in [5.41, 5.74) is -0.000332.